The zero-order valence-electron chi connectivity index (χ0n) is 17.0. The monoisotopic (exact) mass is 488 g/mol. The van der Waals surface area contributed by atoms with Crippen molar-refractivity contribution in [1.29, 1.82) is 0 Å². The zero-order valence-corrected chi connectivity index (χ0v) is 20.0. The van der Waals surface area contributed by atoms with Crippen molar-refractivity contribution in [3.63, 3.8) is 0 Å². The van der Waals surface area contributed by atoms with Crippen LogP contribution in [0.15, 0.2) is 36.4 Å². The quantitative estimate of drug-likeness (QED) is 0.481. The van der Waals surface area contributed by atoms with Crippen LogP contribution in [0.2, 0.25) is 20.1 Å². The molecule has 0 aliphatic carbocycles. The van der Waals surface area contributed by atoms with Crippen LogP contribution in [0.5, 0.6) is 0 Å². The summed E-state index contributed by atoms with van der Waals surface area (Å²) in [6, 6.07) is 9.49. The molecule has 162 valence electrons. The van der Waals surface area contributed by atoms with Crippen LogP contribution in [0.4, 0.5) is 0 Å². The van der Waals surface area contributed by atoms with Gasteiger partial charge in [-0.3, -0.25) is 9.59 Å². The summed E-state index contributed by atoms with van der Waals surface area (Å²) >= 11 is 24.6. The van der Waals surface area contributed by atoms with Crippen LogP contribution in [0, 0.1) is 0 Å². The molecule has 4 nitrogen and oxygen atoms in total. The molecule has 0 aliphatic rings. The molecule has 0 saturated heterocycles. The maximum Gasteiger partial charge on any atom is 0.242 e. The standard InChI is InChI=1S/C22H24Cl4N2O2/c1-4-13(2)27-22(30)14(3)28(12-15-8-9-19(25)20(26)10-15)21(29)11-16-17(23)6-5-7-18(16)24/h5-10,13-14H,4,11-12H2,1-3H3,(H,27,30)/t13-,14-/m0/s1. The Kier molecular flexibility index (Phi) is 9.30. The predicted octanol–water partition coefficient (Wildman–Crippen LogP) is 6.17. The van der Waals surface area contributed by atoms with Crippen LogP contribution in [-0.2, 0) is 22.6 Å². The van der Waals surface area contributed by atoms with Gasteiger partial charge in [-0.05, 0) is 55.7 Å². The van der Waals surface area contributed by atoms with Crippen molar-refractivity contribution < 1.29 is 9.59 Å². The molecule has 0 fully saturated rings. The molecule has 2 amide bonds. The van der Waals surface area contributed by atoms with E-state index in [2.05, 4.69) is 5.32 Å². The number of carbonyl (C=O) groups excluding carboxylic acids is 2. The molecule has 2 rings (SSSR count). The molecular formula is C22H24Cl4N2O2. The lowest BCUT2D eigenvalue weighted by atomic mass is 10.1. The summed E-state index contributed by atoms with van der Waals surface area (Å²) in [6.07, 6.45) is 0.759. The molecule has 0 aliphatic heterocycles. The van der Waals surface area contributed by atoms with Gasteiger partial charge in [0.1, 0.15) is 6.04 Å². The highest BCUT2D eigenvalue weighted by molar-refractivity contribution is 6.42. The van der Waals surface area contributed by atoms with Gasteiger partial charge in [0.2, 0.25) is 11.8 Å². The first-order valence-corrected chi connectivity index (χ1v) is 11.1. The Bertz CT molecular complexity index is 900. The van der Waals surface area contributed by atoms with E-state index in [9.17, 15) is 9.59 Å². The minimum Gasteiger partial charge on any atom is -0.352 e. The predicted molar refractivity (Wildman–Crippen MR) is 125 cm³/mol. The Labute approximate surface area is 197 Å². The number of halogens is 4. The van der Waals surface area contributed by atoms with Gasteiger partial charge in [-0.15, -0.1) is 0 Å². The van der Waals surface area contributed by atoms with E-state index in [0.29, 0.717) is 25.7 Å². The van der Waals surface area contributed by atoms with Crippen molar-refractivity contribution >= 4 is 58.2 Å². The van der Waals surface area contributed by atoms with Gasteiger partial charge < -0.3 is 10.2 Å². The second-order valence-corrected chi connectivity index (χ2v) is 8.77. The minimum atomic E-state index is -0.706. The molecule has 0 saturated carbocycles. The Hall–Kier alpha value is -1.46. The van der Waals surface area contributed by atoms with E-state index >= 15 is 0 Å². The third-order valence-corrected chi connectivity index (χ3v) is 6.34. The van der Waals surface area contributed by atoms with Gasteiger partial charge in [-0.1, -0.05) is 65.5 Å². The molecular weight excluding hydrogens is 466 g/mol. The number of benzene rings is 2. The number of amides is 2. The SMILES string of the molecule is CC[C@H](C)NC(=O)[C@H](C)N(Cc1ccc(Cl)c(Cl)c1)C(=O)Cc1c(Cl)cccc1Cl. The second kappa shape index (κ2) is 11.2. The van der Waals surface area contributed by atoms with E-state index in [1.54, 1.807) is 43.3 Å². The number of nitrogens with zero attached hydrogens (tertiary/aromatic N) is 1. The van der Waals surface area contributed by atoms with Crippen molar-refractivity contribution in [2.24, 2.45) is 0 Å². The molecule has 2 atom stereocenters. The van der Waals surface area contributed by atoms with Crippen molar-refractivity contribution in [2.75, 3.05) is 0 Å². The minimum absolute atomic E-state index is 0.000101. The Balaban J connectivity index is 2.32. The van der Waals surface area contributed by atoms with Crippen molar-refractivity contribution in [3.05, 3.63) is 67.6 Å². The fraction of sp³-hybridized carbons (Fsp3) is 0.364. The van der Waals surface area contributed by atoms with Crippen LogP contribution in [0.1, 0.15) is 38.3 Å². The summed E-state index contributed by atoms with van der Waals surface area (Å²) < 4.78 is 0. The van der Waals surface area contributed by atoms with Gasteiger partial charge in [-0.25, -0.2) is 0 Å². The molecule has 0 aromatic heterocycles. The van der Waals surface area contributed by atoms with E-state index in [0.717, 1.165) is 12.0 Å². The Morgan fingerprint density at radius 2 is 1.60 bits per heavy atom. The molecule has 0 radical (unpaired) electrons. The Morgan fingerprint density at radius 1 is 0.967 bits per heavy atom. The Morgan fingerprint density at radius 3 is 2.17 bits per heavy atom. The van der Waals surface area contributed by atoms with Crippen LogP contribution in [0.25, 0.3) is 0 Å². The smallest absolute Gasteiger partial charge is 0.242 e. The van der Waals surface area contributed by atoms with E-state index in [-0.39, 0.29) is 30.8 Å². The second-order valence-electron chi connectivity index (χ2n) is 7.14. The lowest BCUT2D eigenvalue weighted by molar-refractivity contribution is -0.140. The number of hydrogen-bond acceptors (Lipinski definition) is 2. The molecule has 30 heavy (non-hydrogen) atoms. The van der Waals surface area contributed by atoms with Crippen molar-refractivity contribution in [2.45, 2.75) is 52.2 Å². The molecule has 8 heteroatoms. The van der Waals surface area contributed by atoms with E-state index in [1.165, 1.54) is 4.90 Å². The highest BCUT2D eigenvalue weighted by Gasteiger charge is 2.28. The van der Waals surface area contributed by atoms with Gasteiger partial charge in [0, 0.05) is 22.6 Å². The first-order chi connectivity index (χ1) is 14.1. The molecule has 2 aromatic rings. The van der Waals surface area contributed by atoms with Gasteiger partial charge >= 0.3 is 0 Å². The lowest BCUT2D eigenvalue weighted by Gasteiger charge is -2.30. The summed E-state index contributed by atoms with van der Waals surface area (Å²) in [4.78, 5) is 27.5. The fourth-order valence-electron chi connectivity index (χ4n) is 2.84. The first kappa shape index (κ1) is 24.8. The van der Waals surface area contributed by atoms with Gasteiger partial charge in [0.15, 0.2) is 0 Å². The van der Waals surface area contributed by atoms with Crippen molar-refractivity contribution in [1.82, 2.24) is 10.2 Å². The molecule has 0 heterocycles. The maximum atomic E-state index is 13.2. The largest absolute Gasteiger partial charge is 0.352 e. The summed E-state index contributed by atoms with van der Waals surface area (Å²) in [5.41, 5.74) is 1.28. The average Bonchev–Trinajstić information content (AvgIpc) is 2.70. The van der Waals surface area contributed by atoms with E-state index < -0.39 is 6.04 Å². The lowest BCUT2D eigenvalue weighted by Crippen LogP contribution is -2.49. The van der Waals surface area contributed by atoms with Gasteiger partial charge in [0.05, 0.1) is 16.5 Å². The fourth-order valence-corrected chi connectivity index (χ4v) is 3.69. The van der Waals surface area contributed by atoms with Gasteiger partial charge in [0.25, 0.3) is 0 Å². The maximum absolute atomic E-state index is 13.2. The van der Waals surface area contributed by atoms with Crippen LogP contribution >= 0.6 is 46.4 Å². The molecule has 2 aromatic carbocycles. The summed E-state index contributed by atoms with van der Waals surface area (Å²) in [5, 5.41) is 4.54. The summed E-state index contributed by atoms with van der Waals surface area (Å²) in [6.45, 7) is 5.78. The normalized spacial score (nSPS) is 12.9. The third-order valence-electron chi connectivity index (χ3n) is 4.89. The first-order valence-electron chi connectivity index (χ1n) is 9.60. The number of nitrogens with one attached hydrogen (secondary N) is 1. The van der Waals surface area contributed by atoms with Crippen LogP contribution in [-0.4, -0.2) is 28.8 Å². The highest BCUT2D eigenvalue weighted by Crippen LogP contribution is 2.27. The van der Waals surface area contributed by atoms with Crippen LogP contribution < -0.4 is 5.32 Å². The van der Waals surface area contributed by atoms with E-state index in [1.807, 2.05) is 13.8 Å². The van der Waals surface area contributed by atoms with Crippen LogP contribution in [0.3, 0.4) is 0 Å². The van der Waals surface area contributed by atoms with E-state index in [4.69, 9.17) is 46.4 Å². The molecule has 0 unspecified atom stereocenters. The van der Waals surface area contributed by atoms with Crippen molar-refractivity contribution in [3.8, 4) is 0 Å². The molecule has 0 bridgehead atoms. The highest BCUT2D eigenvalue weighted by atomic mass is 35.5. The summed E-state index contributed by atoms with van der Waals surface area (Å²) in [7, 11) is 0. The molecule has 1 N–H and O–H groups in total. The summed E-state index contributed by atoms with van der Waals surface area (Å²) in [5.74, 6) is -0.508. The number of hydrogen-bond donors (Lipinski definition) is 1. The number of carbonyl (C=O) groups is 2. The van der Waals surface area contributed by atoms with Gasteiger partial charge in [-0.2, -0.15) is 0 Å². The third kappa shape index (κ3) is 6.52. The topological polar surface area (TPSA) is 49.4 Å². The zero-order chi connectivity index (χ0) is 22.4. The molecule has 0 spiro atoms. The number of rotatable bonds is 8. The average molecular weight is 490 g/mol.